The van der Waals surface area contributed by atoms with Gasteiger partial charge in [0, 0.05) is 11.8 Å². The van der Waals surface area contributed by atoms with E-state index in [0.717, 1.165) is 5.69 Å². The van der Waals surface area contributed by atoms with E-state index in [1.54, 1.807) is 0 Å². The fourth-order valence-electron chi connectivity index (χ4n) is 2.49. The van der Waals surface area contributed by atoms with Gasteiger partial charge in [0.1, 0.15) is 0 Å². The summed E-state index contributed by atoms with van der Waals surface area (Å²) in [5, 5.41) is 0. The van der Waals surface area contributed by atoms with Gasteiger partial charge in [-0.05, 0) is 42.7 Å². The summed E-state index contributed by atoms with van der Waals surface area (Å²) in [5.74, 6) is 0. The van der Waals surface area contributed by atoms with E-state index in [1.165, 1.54) is 27.8 Å². The standard InChI is InChI=1S/C19H17N/c1-14-10-11-17(16-8-4-3-5-9-16)18(13-14)19-15(2)7-6-12-20-19/h3-13H,1-2H3. The van der Waals surface area contributed by atoms with Crippen LogP contribution in [0.1, 0.15) is 11.1 Å². The molecule has 1 heterocycles. The van der Waals surface area contributed by atoms with Crippen LogP contribution in [0, 0.1) is 13.8 Å². The van der Waals surface area contributed by atoms with Gasteiger partial charge in [-0.2, -0.15) is 0 Å². The Balaban J connectivity index is 2.25. The minimum Gasteiger partial charge on any atom is -0.256 e. The van der Waals surface area contributed by atoms with Crippen LogP contribution in [0.2, 0.25) is 0 Å². The van der Waals surface area contributed by atoms with Gasteiger partial charge in [0.25, 0.3) is 0 Å². The summed E-state index contributed by atoms with van der Waals surface area (Å²) in [5.41, 5.74) is 7.19. The number of rotatable bonds is 2. The van der Waals surface area contributed by atoms with Gasteiger partial charge < -0.3 is 0 Å². The van der Waals surface area contributed by atoms with Crippen LogP contribution in [0.3, 0.4) is 0 Å². The van der Waals surface area contributed by atoms with Gasteiger partial charge in [0.2, 0.25) is 0 Å². The van der Waals surface area contributed by atoms with Crippen molar-refractivity contribution >= 4 is 0 Å². The molecule has 1 heteroatoms. The molecule has 20 heavy (non-hydrogen) atoms. The molecule has 0 atom stereocenters. The van der Waals surface area contributed by atoms with Crippen LogP contribution in [-0.2, 0) is 0 Å². The van der Waals surface area contributed by atoms with Gasteiger partial charge in [0.05, 0.1) is 5.69 Å². The lowest BCUT2D eigenvalue weighted by atomic mass is 9.94. The molecule has 0 fully saturated rings. The molecule has 0 bridgehead atoms. The molecule has 0 saturated carbocycles. The van der Waals surface area contributed by atoms with Crippen LogP contribution in [0.4, 0.5) is 0 Å². The maximum Gasteiger partial charge on any atom is 0.0737 e. The molecular formula is C19H17N. The molecule has 0 saturated heterocycles. The third-order valence-corrected chi connectivity index (χ3v) is 3.52. The van der Waals surface area contributed by atoms with Gasteiger partial charge in [-0.15, -0.1) is 0 Å². The molecule has 0 aliphatic heterocycles. The van der Waals surface area contributed by atoms with E-state index in [1.807, 2.05) is 18.3 Å². The Labute approximate surface area is 119 Å². The molecule has 2 aromatic carbocycles. The minimum atomic E-state index is 1.06. The zero-order valence-corrected chi connectivity index (χ0v) is 11.8. The maximum absolute atomic E-state index is 4.58. The predicted molar refractivity (Wildman–Crippen MR) is 84.6 cm³/mol. The Bertz CT molecular complexity index is 730. The van der Waals surface area contributed by atoms with Crippen LogP contribution in [-0.4, -0.2) is 4.98 Å². The van der Waals surface area contributed by atoms with Gasteiger partial charge in [-0.25, -0.2) is 0 Å². The maximum atomic E-state index is 4.58. The number of hydrogen-bond donors (Lipinski definition) is 0. The fraction of sp³-hybridized carbons (Fsp3) is 0.105. The van der Waals surface area contributed by atoms with E-state index in [2.05, 4.69) is 67.4 Å². The summed E-state index contributed by atoms with van der Waals surface area (Å²) in [6.45, 7) is 4.23. The van der Waals surface area contributed by atoms with Crippen LogP contribution in [0.15, 0.2) is 66.9 Å². The summed E-state index contributed by atoms with van der Waals surface area (Å²) in [7, 11) is 0. The van der Waals surface area contributed by atoms with Crippen LogP contribution < -0.4 is 0 Å². The highest BCUT2D eigenvalue weighted by molar-refractivity contribution is 5.83. The van der Waals surface area contributed by atoms with Gasteiger partial charge in [0.15, 0.2) is 0 Å². The summed E-state index contributed by atoms with van der Waals surface area (Å²) >= 11 is 0. The van der Waals surface area contributed by atoms with E-state index in [9.17, 15) is 0 Å². The molecular weight excluding hydrogens is 242 g/mol. The molecule has 0 radical (unpaired) electrons. The Morgan fingerprint density at radius 2 is 1.55 bits per heavy atom. The molecule has 0 N–H and O–H groups in total. The van der Waals surface area contributed by atoms with Crippen molar-refractivity contribution in [3.05, 3.63) is 78.0 Å². The van der Waals surface area contributed by atoms with Gasteiger partial charge >= 0.3 is 0 Å². The first-order valence-electron chi connectivity index (χ1n) is 6.84. The largest absolute Gasteiger partial charge is 0.256 e. The number of aromatic nitrogens is 1. The van der Waals surface area contributed by atoms with E-state index in [0.29, 0.717) is 0 Å². The summed E-state index contributed by atoms with van der Waals surface area (Å²) in [4.78, 5) is 4.58. The number of pyridine rings is 1. The van der Waals surface area contributed by atoms with E-state index >= 15 is 0 Å². The molecule has 3 aromatic rings. The monoisotopic (exact) mass is 259 g/mol. The Hall–Kier alpha value is -2.41. The highest BCUT2D eigenvalue weighted by atomic mass is 14.7. The van der Waals surface area contributed by atoms with Crippen molar-refractivity contribution in [2.45, 2.75) is 13.8 Å². The topological polar surface area (TPSA) is 12.9 Å². The first-order chi connectivity index (χ1) is 9.75. The molecule has 3 rings (SSSR count). The van der Waals surface area contributed by atoms with E-state index in [-0.39, 0.29) is 0 Å². The van der Waals surface area contributed by atoms with Crippen LogP contribution in [0.5, 0.6) is 0 Å². The quantitative estimate of drug-likeness (QED) is 0.628. The first kappa shape index (κ1) is 12.6. The van der Waals surface area contributed by atoms with E-state index in [4.69, 9.17) is 0 Å². The fourth-order valence-corrected chi connectivity index (χ4v) is 2.49. The molecule has 98 valence electrons. The number of aryl methyl sites for hydroxylation is 2. The Morgan fingerprint density at radius 3 is 2.30 bits per heavy atom. The molecule has 1 aromatic heterocycles. The Kier molecular flexibility index (Phi) is 3.34. The van der Waals surface area contributed by atoms with Crippen molar-refractivity contribution < 1.29 is 0 Å². The summed E-state index contributed by atoms with van der Waals surface area (Å²) in [6.07, 6.45) is 1.86. The van der Waals surface area contributed by atoms with Gasteiger partial charge in [-0.3, -0.25) is 4.98 Å². The second-order valence-corrected chi connectivity index (χ2v) is 5.08. The summed E-state index contributed by atoms with van der Waals surface area (Å²) in [6, 6.07) is 21.1. The molecule has 0 aliphatic rings. The number of benzene rings is 2. The van der Waals surface area contributed by atoms with Crippen molar-refractivity contribution in [1.29, 1.82) is 0 Å². The lowest BCUT2D eigenvalue weighted by molar-refractivity contribution is 1.27. The number of nitrogens with zero attached hydrogens (tertiary/aromatic N) is 1. The molecule has 1 nitrogen and oxygen atoms in total. The zero-order valence-electron chi connectivity index (χ0n) is 11.8. The highest BCUT2D eigenvalue weighted by Crippen LogP contribution is 2.33. The predicted octanol–water partition coefficient (Wildman–Crippen LogP) is 5.03. The van der Waals surface area contributed by atoms with Crippen molar-refractivity contribution in [2.75, 3.05) is 0 Å². The molecule has 0 spiro atoms. The molecule has 0 unspecified atom stereocenters. The third kappa shape index (κ3) is 2.35. The normalized spacial score (nSPS) is 10.5. The van der Waals surface area contributed by atoms with Crippen molar-refractivity contribution in [2.24, 2.45) is 0 Å². The van der Waals surface area contributed by atoms with Crippen molar-refractivity contribution in [3.63, 3.8) is 0 Å². The lowest BCUT2D eigenvalue weighted by Gasteiger charge is -2.12. The van der Waals surface area contributed by atoms with E-state index < -0.39 is 0 Å². The molecule has 0 amide bonds. The second kappa shape index (κ2) is 5.30. The molecule has 0 aliphatic carbocycles. The lowest BCUT2D eigenvalue weighted by Crippen LogP contribution is -1.92. The number of hydrogen-bond acceptors (Lipinski definition) is 1. The highest BCUT2D eigenvalue weighted by Gasteiger charge is 2.10. The zero-order chi connectivity index (χ0) is 13.9. The third-order valence-electron chi connectivity index (χ3n) is 3.52. The second-order valence-electron chi connectivity index (χ2n) is 5.08. The SMILES string of the molecule is Cc1ccc(-c2ccccc2)c(-c2ncccc2C)c1. The van der Waals surface area contributed by atoms with Crippen LogP contribution in [0.25, 0.3) is 22.4 Å². The van der Waals surface area contributed by atoms with Gasteiger partial charge in [-0.1, -0.05) is 54.1 Å². The first-order valence-corrected chi connectivity index (χ1v) is 6.84. The average molecular weight is 259 g/mol. The van der Waals surface area contributed by atoms with Crippen molar-refractivity contribution in [3.8, 4) is 22.4 Å². The van der Waals surface area contributed by atoms with Crippen LogP contribution >= 0.6 is 0 Å². The Morgan fingerprint density at radius 1 is 0.750 bits per heavy atom. The van der Waals surface area contributed by atoms with Crippen molar-refractivity contribution in [1.82, 2.24) is 4.98 Å². The summed E-state index contributed by atoms with van der Waals surface area (Å²) < 4.78 is 0. The minimum absolute atomic E-state index is 1.06. The smallest absolute Gasteiger partial charge is 0.0737 e. The average Bonchev–Trinajstić information content (AvgIpc) is 2.48.